The van der Waals surface area contributed by atoms with E-state index in [2.05, 4.69) is 57.3 Å². The highest BCUT2D eigenvalue weighted by Gasteiger charge is 2.32. The van der Waals surface area contributed by atoms with Crippen molar-refractivity contribution in [2.75, 3.05) is 5.32 Å². The van der Waals surface area contributed by atoms with Crippen molar-refractivity contribution in [1.29, 1.82) is 0 Å². The fourth-order valence-corrected chi connectivity index (χ4v) is 3.53. The molecule has 0 radical (unpaired) electrons. The summed E-state index contributed by atoms with van der Waals surface area (Å²) in [6.45, 7) is 0. The number of benzene rings is 1. The fourth-order valence-electron chi connectivity index (χ4n) is 2.66. The van der Waals surface area contributed by atoms with Crippen LogP contribution in [0, 0.1) is 5.92 Å². The third-order valence-corrected chi connectivity index (χ3v) is 4.92. The van der Waals surface area contributed by atoms with Crippen LogP contribution >= 0.6 is 11.3 Å². The van der Waals surface area contributed by atoms with Gasteiger partial charge in [-0.3, -0.25) is 5.10 Å². The molecule has 1 aliphatic rings. The molecule has 0 bridgehead atoms. The van der Waals surface area contributed by atoms with Gasteiger partial charge in [-0.15, -0.1) is 11.3 Å². The van der Waals surface area contributed by atoms with E-state index in [0.29, 0.717) is 6.04 Å². The molecule has 0 amide bonds. The maximum Gasteiger partial charge on any atom is 0.0650 e. The summed E-state index contributed by atoms with van der Waals surface area (Å²) < 4.78 is 0. The van der Waals surface area contributed by atoms with Crippen LogP contribution in [0.25, 0.3) is 11.3 Å². The smallest absolute Gasteiger partial charge is 0.0650 e. The van der Waals surface area contributed by atoms with Gasteiger partial charge in [0.15, 0.2) is 0 Å². The Labute approximate surface area is 128 Å². The van der Waals surface area contributed by atoms with Gasteiger partial charge >= 0.3 is 0 Å². The van der Waals surface area contributed by atoms with Crippen LogP contribution in [0.4, 0.5) is 5.69 Å². The maximum atomic E-state index is 4.00. The van der Waals surface area contributed by atoms with Crippen LogP contribution < -0.4 is 5.32 Å². The highest BCUT2D eigenvalue weighted by atomic mass is 32.1. The molecule has 106 valence electrons. The Morgan fingerprint density at radius 2 is 2.00 bits per heavy atom. The largest absolute Gasteiger partial charge is 0.377 e. The van der Waals surface area contributed by atoms with Crippen molar-refractivity contribution >= 4 is 17.0 Å². The van der Waals surface area contributed by atoms with Gasteiger partial charge in [0.1, 0.15) is 0 Å². The first kappa shape index (κ1) is 12.7. The standard InChI is InChI=1S/C17H17N3S/c1-2-16(21-11-1)17(13-3-4-13)19-14-7-5-12(6-8-14)15-9-10-18-20-15/h1-2,5-11,13,17,19H,3-4H2,(H,18,20). The van der Waals surface area contributed by atoms with Gasteiger partial charge in [0, 0.05) is 16.8 Å². The molecule has 0 aliphatic heterocycles. The Morgan fingerprint density at radius 3 is 2.62 bits per heavy atom. The van der Waals surface area contributed by atoms with Crippen LogP contribution in [0.1, 0.15) is 23.8 Å². The van der Waals surface area contributed by atoms with Crippen LogP contribution in [0.5, 0.6) is 0 Å². The third-order valence-electron chi connectivity index (χ3n) is 3.96. The summed E-state index contributed by atoms with van der Waals surface area (Å²) >= 11 is 1.84. The molecule has 3 aromatic rings. The van der Waals surface area contributed by atoms with Gasteiger partial charge in [0.25, 0.3) is 0 Å². The number of thiophene rings is 1. The van der Waals surface area contributed by atoms with Crippen molar-refractivity contribution in [3.05, 3.63) is 58.9 Å². The van der Waals surface area contributed by atoms with Crippen LogP contribution in [0.3, 0.4) is 0 Å². The fraction of sp³-hybridized carbons (Fsp3) is 0.235. The van der Waals surface area contributed by atoms with Gasteiger partial charge in [-0.25, -0.2) is 0 Å². The van der Waals surface area contributed by atoms with E-state index < -0.39 is 0 Å². The Morgan fingerprint density at radius 1 is 1.14 bits per heavy atom. The van der Waals surface area contributed by atoms with Crippen LogP contribution in [0.2, 0.25) is 0 Å². The average molecular weight is 295 g/mol. The Bertz CT molecular complexity index is 682. The summed E-state index contributed by atoms with van der Waals surface area (Å²) in [5, 5.41) is 12.9. The second-order valence-electron chi connectivity index (χ2n) is 5.52. The first-order chi connectivity index (χ1) is 10.4. The monoisotopic (exact) mass is 295 g/mol. The summed E-state index contributed by atoms with van der Waals surface area (Å²) in [7, 11) is 0. The minimum absolute atomic E-state index is 0.461. The van der Waals surface area contributed by atoms with Crippen LogP contribution in [-0.4, -0.2) is 10.2 Å². The summed E-state index contributed by atoms with van der Waals surface area (Å²) in [5.74, 6) is 0.788. The van der Waals surface area contributed by atoms with Crippen molar-refractivity contribution in [2.24, 2.45) is 5.92 Å². The van der Waals surface area contributed by atoms with Gasteiger partial charge in [-0.2, -0.15) is 5.10 Å². The van der Waals surface area contributed by atoms with Crippen molar-refractivity contribution in [2.45, 2.75) is 18.9 Å². The molecule has 1 saturated carbocycles. The highest BCUT2D eigenvalue weighted by molar-refractivity contribution is 7.10. The van der Waals surface area contributed by atoms with Crippen molar-refractivity contribution in [3.63, 3.8) is 0 Å². The Hall–Kier alpha value is -2.07. The van der Waals surface area contributed by atoms with E-state index >= 15 is 0 Å². The molecule has 0 saturated heterocycles. The van der Waals surface area contributed by atoms with Gasteiger partial charge in [0.2, 0.25) is 0 Å². The zero-order valence-corrected chi connectivity index (χ0v) is 12.4. The van der Waals surface area contributed by atoms with E-state index in [-0.39, 0.29) is 0 Å². The molecule has 2 heterocycles. The molecule has 4 rings (SSSR count). The van der Waals surface area contributed by atoms with Gasteiger partial charge in [0.05, 0.1) is 11.7 Å². The number of nitrogens with zero attached hydrogens (tertiary/aromatic N) is 1. The summed E-state index contributed by atoms with van der Waals surface area (Å²) in [4.78, 5) is 1.44. The number of anilines is 1. The Balaban J connectivity index is 1.53. The molecule has 1 aliphatic carbocycles. The zero-order valence-electron chi connectivity index (χ0n) is 11.6. The number of nitrogens with one attached hydrogen (secondary N) is 2. The minimum atomic E-state index is 0.461. The van der Waals surface area contributed by atoms with E-state index in [1.165, 1.54) is 23.4 Å². The summed E-state index contributed by atoms with van der Waals surface area (Å²) in [6.07, 6.45) is 4.45. The molecule has 2 N–H and O–H groups in total. The van der Waals surface area contributed by atoms with E-state index in [1.807, 2.05) is 17.4 Å². The molecule has 4 heteroatoms. The van der Waals surface area contributed by atoms with E-state index in [1.54, 1.807) is 6.20 Å². The number of hydrogen-bond acceptors (Lipinski definition) is 3. The number of rotatable bonds is 5. The minimum Gasteiger partial charge on any atom is -0.377 e. The Kier molecular flexibility index (Phi) is 3.24. The summed E-state index contributed by atoms with van der Waals surface area (Å²) in [6, 6.07) is 15.4. The molecule has 0 spiro atoms. The predicted octanol–water partition coefficient (Wildman–Crippen LogP) is 4.70. The lowest BCUT2D eigenvalue weighted by atomic mass is 10.1. The average Bonchev–Trinajstić information content (AvgIpc) is 3.01. The van der Waals surface area contributed by atoms with Gasteiger partial charge in [-0.05, 0) is 54.0 Å². The zero-order chi connectivity index (χ0) is 14.1. The number of aromatic amines is 1. The van der Waals surface area contributed by atoms with Crippen molar-refractivity contribution < 1.29 is 0 Å². The molecule has 1 fully saturated rings. The maximum absolute atomic E-state index is 4.00. The molecule has 1 aromatic carbocycles. The molecular weight excluding hydrogens is 278 g/mol. The van der Waals surface area contributed by atoms with Gasteiger partial charge < -0.3 is 5.32 Å². The second-order valence-corrected chi connectivity index (χ2v) is 6.50. The predicted molar refractivity (Wildman–Crippen MR) is 87.4 cm³/mol. The first-order valence-electron chi connectivity index (χ1n) is 7.30. The molecule has 3 nitrogen and oxygen atoms in total. The van der Waals surface area contributed by atoms with Crippen LogP contribution in [-0.2, 0) is 0 Å². The highest BCUT2D eigenvalue weighted by Crippen LogP contribution is 2.44. The summed E-state index contributed by atoms with van der Waals surface area (Å²) in [5.41, 5.74) is 3.40. The normalized spacial score (nSPS) is 15.8. The SMILES string of the molecule is c1csc(C(Nc2ccc(-c3ccn[nH]3)cc2)C2CC2)c1. The van der Waals surface area contributed by atoms with Gasteiger partial charge in [-0.1, -0.05) is 18.2 Å². The second kappa shape index (κ2) is 5.37. The lowest BCUT2D eigenvalue weighted by Gasteiger charge is -2.18. The number of H-pyrrole nitrogens is 1. The quantitative estimate of drug-likeness (QED) is 0.716. The molecule has 1 atom stereocenters. The third kappa shape index (κ3) is 2.72. The van der Waals surface area contributed by atoms with E-state index in [9.17, 15) is 0 Å². The lowest BCUT2D eigenvalue weighted by Crippen LogP contribution is -2.11. The molecule has 1 unspecified atom stereocenters. The molecule has 21 heavy (non-hydrogen) atoms. The first-order valence-corrected chi connectivity index (χ1v) is 8.18. The topological polar surface area (TPSA) is 40.7 Å². The van der Waals surface area contributed by atoms with E-state index in [0.717, 1.165) is 17.2 Å². The molecule has 2 aromatic heterocycles. The molecular formula is C17H17N3S. The van der Waals surface area contributed by atoms with E-state index in [4.69, 9.17) is 0 Å². The number of aromatic nitrogens is 2. The lowest BCUT2D eigenvalue weighted by molar-refractivity contribution is 0.691. The van der Waals surface area contributed by atoms with Crippen molar-refractivity contribution in [3.8, 4) is 11.3 Å². The van der Waals surface area contributed by atoms with Crippen LogP contribution in [0.15, 0.2) is 54.0 Å². The number of hydrogen-bond donors (Lipinski definition) is 2. The van der Waals surface area contributed by atoms with Crippen molar-refractivity contribution in [1.82, 2.24) is 10.2 Å².